The third kappa shape index (κ3) is 1.81. The van der Waals surface area contributed by atoms with E-state index in [0.29, 0.717) is 15.9 Å². The van der Waals surface area contributed by atoms with Crippen LogP contribution in [-0.4, -0.2) is 15.1 Å². The second kappa shape index (κ2) is 4.01. The van der Waals surface area contributed by atoms with Crippen molar-refractivity contribution in [3.05, 3.63) is 38.6 Å². The van der Waals surface area contributed by atoms with E-state index in [2.05, 4.69) is 26.1 Å². The SMILES string of the molecule is Cc1noc(-c2c(Br)cccc2[N+](=O)[O-])n1. The highest BCUT2D eigenvalue weighted by Gasteiger charge is 2.22. The van der Waals surface area contributed by atoms with Crippen molar-refractivity contribution in [2.75, 3.05) is 0 Å². The van der Waals surface area contributed by atoms with Crippen molar-refractivity contribution in [2.24, 2.45) is 0 Å². The van der Waals surface area contributed by atoms with E-state index in [1.165, 1.54) is 6.07 Å². The maximum atomic E-state index is 10.8. The van der Waals surface area contributed by atoms with Crippen LogP contribution in [0.5, 0.6) is 0 Å². The highest BCUT2D eigenvalue weighted by molar-refractivity contribution is 9.10. The Morgan fingerprint density at radius 2 is 2.25 bits per heavy atom. The average molecular weight is 284 g/mol. The van der Waals surface area contributed by atoms with Gasteiger partial charge in [-0.15, -0.1) is 0 Å². The second-order valence-electron chi connectivity index (χ2n) is 3.04. The minimum absolute atomic E-state index is 0.0713. The molecule has 1 aromatic carbocycles. The van der Waals surface area contributed by atoms with Gasteiger partial charge in [0.2, 0.25) is 0 Å². The summed E-state index contributed by atoms with van der Waals surface area (Å²) in [6.45, 7) is 1.65. The molecule has 82 valence electrons. The molecule has 1 heterocycles. The molecule has 0 saturated heterocycles. The summed E-state index contributed by atoms with van der Waals surface area (Å²) in [6, 6.07) is 4.65. The molecule has 0 aliphatic rings. The Morgan fingerprint density at radius 3 is 2.81 bits per heavy atom. The largest absolute Gasteiger partial charge is 0.334 e. The molecule has 0 atom stereocenters. The predicted molar refractivity (Wildman–Crippen MR) is 58.8 cm³/mol. The lowest BCUT2D eigenvalue weighted by molar-refractivity contribution is -0.384. The van der Waals surface area contributed by atoms with Crippen molar-refractivity contribution in [2.45, 2.75) is 6.92 Å². The smallest absolute Gasteiger partial charge is 0.283 e. The van der Waals surface area contributed by atoms with Crippen LogP contribution < -0.4 is 0 Å². The van der Waals surface area contributed by atoms with Gasteiger partial charge in [-0.05, 0) is 28.9 Å². The van der Waals surface area contributed by atoms with E-state index >= 15 is 0 Å². The number of aryl methyl sites for hydroxylation is 1. The number of hydrogen-bond acceptors (Lipinski definition) is 5. The summed E-state index contributed by atoms with van der Waals surface area (Å²) >= 11 is 3.23. The molecule has 0 radical (unpaired) electrons. The van der Waals surface area contributed by atoms with Gasteiger partial charge in [0.15, 0.2) is 5.82 Å². The van der Waals surface area contributed by atoms with Gasteiger partial charge in [-0.2, -0.15) is 4.98 Å². The van der Waals surface area contributed by atoms with Crippen LogP contribution in [0.25, 0.3) is 11.5 Å². The number of benzene rings is 1. The molecule has 0 bridgehead atoms. The molecule has 0 amide bonds. The minimum Gasteiger partial charge on any atom is -0.334 e. The topological polar surface area (TPSA) is 82.1 Å². The van der Waals surface area contributed by atoms with Crippen molar-refractivity contribution in [3.63, 3.8) is 0 Å². The molecule has 0 fully saturated rings. The first-order chi connectivity index (χ1) is 7.59. The molecule has 6 nitrogen and oxygen atoms in total. The van der Waals surface area contributed by atoms with Gasteiger partial charge in [-0.3, -0.25) is 10.1 Å². The van der Waals surface area contributed by atoms with Crippen LogP contribution in [0.4, 0.5) is 5.69 Å². The summed E-state index contributed by atoms with van der Waals surface area (Å²) in [7, 11) is 0. The van der Waals surface area contributed by atoms with E-state index in [1.54, 1.807) is 19.1 Å². The summed E-state index contributed by atoms with van der Waals surface area (Å²) in [6.07, 6.45) is 0. The zero-order valence-corrected chi connectivity index (χ0v) is 9.76. The van der Waals surface area contributed by atoms with Crippen molar-refractivity contribution >= 4 is 21.6 Å². The van der Waals surface area contributed by atoms with Gasteiger partial charge in [0, 0.05) is 10.5 Å². The van der Waals surface area contributed by atoms with E-state index in [1.807, 2.05) is 0 Å². The van der Waals surface area contributed by atoms with E-state index in [0.717, 1.165) is 0 Å². The first-order valence-electron chi connectivity index (χ1n) is 4.33. The lowest BCUT2D eigenvalue weighted by Crippen LogP contribution is -1.93. The number of nitrogens with zero attached hydrogens (tertiary/aromatic N) is 3. The maximum Gasteiger partial charge on any atom is 0.283 e. The molecule has 0 spiro atoms. The molecule has 2 aromatic rings. The number of nitro benzene ring substituents is 1. The van der Waals surface area contributed by atoms with Gasteiger partial charge in [0.05, 0.1) is 4.92 Å². The number of halogens is 1. The lowest BCUT2D eigenvalue weighted by Gasteiger charge is -1.99. The maximum absolute atomic E-state index is 10.8. The Balaban J connectivity index is 2.67. The van der Waals surface area contributed by atoms with Crippen LogP contribution in [0.15, 0.2) is 27.2 Å². The molecule has 0 unspecified atom stereocenters. The van der Waals surface area contributed by atoms with E-state index in [4.69, 9.17) is 4.52 Å². The Labute approximate surface area is 98.6 Å². The van der Waals surface area contributed by atoms with Crippen LogP contribution in [0.1, 0.15) is 5.82 Å². The van der Waals surface area contributed by atoms with Crippen LogP contribution in [0.3, 0.4) is 0 Å². The summed E-state index contributed by atoms with van der Waals surface area (Å²) in [4.78, 5) is 14.3. The minimum atomic E-state index is -0.486. The number of nitro groups is 1. The van der Waals surface area contributed by atoms with Crippen LogP contribution >= 0.6 is 15.9 Å². The molecular weight excluding hydrogens is 278 g/mol. The summed E-state index contributed by atoms with van der Waals surface area (Å²) < 4.78 is 5.47. The highest BCUT2D eigenvalue weighted by atomic mass is 79.9. The Bertz CT molecular complexity index is 553. The quantitative estimate of drug-likeness (QED) is 0.625. The zero-order valence-electron chi connectivity index (χ0n) is 8.18. The van der Waals surface area contributed by atoms with Gasteiger partial charge in [-0.1, -0.05) is 11.2 Å². The van der Waals surface area contributed by atoms with Gasteiger partial charge >= 0.3 is 0 Å². The fourth-order valence-corrected chi connectivity index (χ4v) is 1.80. The zero-order chi connectivity index (χ0) is 11.7. The monoisotopic (exact) mass is 283 g/mol. The van der Waals surface area contributed by atoms with Crippen molar-refractivity contribution in [3.8, 4) is 11.5 Å². The normalized spacial score (nSPS) is 10.4. The standard InChI is InChI=1S/C9H6BrN3O3/c1-5-11-9(16-12-5)8-6(10)3-2-4-7(8)13(14)15/h2-4H,1H3. The summed E-state index contributed by atoms with van der Waals surface area (Å²) in [5.41, 5.74) is 0.228. The number of rotatable bonds is 2. The predicted octanol–water partition coefficient (Wildman–Crippen LogP) is 2.72. The Morgan fingerprint density at radius 1 is 1.50 bits per heavy atom. The van der Waals surface area contributed by atoms with Gasteiger partial charge in [0.25, 0.3) is 11.6 Å². The molecule has 1 aromatic heterocycles. The Kier molecular flexibility index (Phi) is 2.69. The summed E-state index contributed by atoms with van der Waals surface area (Å²) in [5.74, 6) is 0.566. The number of aromatic nitrogens is 2. The first kappa shape index (κ1) is 10.7. The molecular formula is C9H6BrN3O3. The highest BCUT2D eigenvalue weighted by Crippen LogP contribution is 2.35. The lowest BCUT2D eigenvalue weighted by atomic mass is 10.2. The average Bonchev–Trinajstić information content (AvgIpc) is 2.64. The molecule has 2 rings (SSSR count). The molecule has 16 heavy (non-hydrogen) atoms. The van der Waals surface area contributed by atoms with E-state index < -0.39 is 4.92 Å². The fraction of sp³-hybridized carbons (Fsp3) is 0.111. The first-order valence-corrected chi connectivity index (χ1v) is 5.12. The number of hydrogen-bond donors (Lipinski definition) is 0. The van der Waals surface area contributed by atoms with Crippen LogP contribution in [-0.2, 0) is 0 Å². The van der Waals surface area contributed by atoms with Crippen molar-refractivity contribution < 1.29 is 9.45 Å². The Hall–Kier alpha value is -1.76. The fourth-order valence-electron chi connectivity index (χ4n) is 1.28. The summed E-state index contributed by atoms with van der Waals surface area (Å²) in [5, 5.41) is 14.5. The molecule has 0 aliphatic heterocycles. The van der Waals surface area contributed by atoms with Gasteiger partial charge in [-0.25, -0.2) is 0 Å². The van der Waals surface area contributed by atoms with Gasteiger partial charge < -0.3 is 4.52 Å². The molecule has 0 aliphatic carbocycles. The van der Waals surface area contributed by atoms with Crippen LogP contribution in [0, 0.1) is 17.0 Å². The van der Waals surface area contributed by atoms with Crippen molar-refractivity contribution in [1.82, 2.24) is 10.1 Å². The second-order valence-corrected chi connectivity index (χ2v) is 3.89. The third-order valence-electron chi connectivity index (χ3n) is 1.93. The van der Waals surface area contributed by atoms with Crippen LogP contribution in [0.2, 0.25) is 0 Å². The molecule has 0 saturated carbocycles. The van der Waals surface area contributed by atoms with E-state index in [-0.39, 0.29) is 11.6 Å². The van der Waals surface area contributed by atoms with Crippen molar-refractivity contribution in [1.29, 1.82) is 0 Å². The van der Waals surface area contributed by atoms with Gasteiger partial charge in [0.1, 0.15) is 5.56 Å². The third-order valence-corrected chi connectivity index (χ3v) is 2.59. The van der Waals surface area contributed by atoms with E-state index in [9.17, 15) is 10.1 Å². The molecule has 0 N–H and O–H groups in total. The molecule has 7 heteroatoms.